The number of pyridine rings is 1. The fourth-order valence-electron chi connectivity index (χ4n) is 3.53. The topological polar surface area (TPSA) is 96.0 Å². The molecule has 2 aromatic rings. The molecule has 0 radical (unpaired) electrons. The number of carbonyl (C=O) groups excluding carboxylic acids is 2. The van der Waals surface area contributed by atoms with E-state index in [4.69, 9.17) is 14.2 Å². The summed E-state index contributed by atoms with van der Waals surface area (Å²) in [6, 6.07) is 7.11. The molecule has 8 nitrogen and oxygen atoms in total. The number of fused-ring (bicyclic) bond motifs is 1. The van der Waals surface area contributed by atoms with Gasteiger partial charge in [0.05, 0.1) is 24.3 Å². The Labute approximate surface area is 168 Å². The molecule has 1 saturated carbocycles. The molecule has 0 atom stereocenters. The van der Waals surface area contributed by atoms with Gasteiger partial charge >= 0.3 is 5.97 Å². The van der Waals surface area contributed by atoms with E-state index in [1.165, 1.54) is 25.6 Å². The van der Waals surface area contributed by atoms with Gasteiger partial charge in [-0.25, -0.2) is 4.79 Å². The van der Waals surface area contributed by atoms with Crippen LogP contribution in [0.1, 0.15) is 46.4 Å². The van der Waals surface area contributed by atoms with Gasteiger partial charge in [-0.1, -0.05) is 0 Å². The van der Waals surface area contributed by atoms with E-state index < -0.39 is 5.97 Å². The highest BCUT2D eigenvalue weighted by Crippen LogP contribution is 2.36. The highest BCUT2D eigenvalue weighted by atomic mass is 16.7. The lowest BCUT2D eigenvalue weighted by Gasteiger charge is -2.29. The van der Waals surface area contributed by atoms with E-state index in [0.29, 0.717) is 11.3 Å². The van der Waals surface area contributed by atoms with E-state index in [0.717, 1.165) is 37.2 Å². The molecule has 1 amide bonds. The smallest absolute Gasteiger partial charge is 0.339 e. The standard InChI is InChI=1S/C21H22N2O6/c1-26-21(25)14-8-13(10-22-11-14)20(24)23-15-2-4-16(5-3-15)29-17-6-7-18-19(9-17)28-12-27-18/h6-11,15-16H,2-5,12H2,1H3,(H,23,24). The van der Waals surface area contributed by atoms with E-state index in [9.17, 15) is 9.59 Å². The van der Waals surface area contributed by atoms with Crippen molar-refractivity contribution in [2.24, 2.45) is 0 Å². The molecule has 0 bridgehead atoms. The summed E-state index contributed by atoms with van der Waals surface area (Å²) in [7, 11) is 1.29. The number of aromatic nitrogens is 1. The van der Waals surface area contributed by atoms with Gasteiger partial charge in [0.1, 0.15) is 5.75 Å². The first kappa shape index (κ1) is 19.0. The summed E-state index contributed by atoms with van der Waals surface area (Å²) in [5, 5.41) is 3.01. The Balaban J connectivity index is 1.28. The number of hydrogen-bond donors (Lipinski definition) is 1. The number of carbonyl (C=O) groups is 2. The van der Waals surface area contributed by atoms with Crippen LogP contribution in [0.5, 0.6) is 17.2 Å². The molecule has 0 spiro atoms. The van der Waals surface area contributed by atoms with Crippen LogP contribution in [0.2, 0.25) is 0 Å². The maximum atomic E-state index is 12.5. The normalized spacial score (nSPS) is 20.0. The first-order valence-corrected chi connectivity index (χ1v) is 9.53. The van der Waals surface area contributed by atoms with Crippen molar-refractivity contribution in [3.8, 4) is 17.2 Å². The van der Waals surface area contributed by atoms with Crippen LogP contribution in [0.15, 0.2) is 36.7 Å². The van der Waals surface area contributed by atoms with Gasteiger partial charge in [-0.2, -0.15) is 0 Å². The van der Waals surface area contributed by atoms with Crippen LogP contribution < -0.4 is 19.5 Å². The molecule has 152 valence electrons. The third-order valence-corrected chi connectivity index (χ3v) is 5.08. The number of esters is 1. The van der Waals surface area contributed by atoms with Crippen LogP contribution in [-0.4, -0.2) is 42.9 Å². The SMILES string of the molecule is COC(=O)c1cncc(C(=O)NC2CCC(Oc3ccc4c(c3)OCO4)CC2)c1. The Morgan fingerprint density at radius 2 is 1.79 bits per heavy atom. The van der Waals surface area contributed by atoms with Gasteiger partial charge in [0.15, 0.2) is 11.5 Å². The third kappa shape index (κ3) is 4.42. The van der Waals surface area contributed by atoms with Gasteiger partial charge in [0, 0.05) is 24.5 Å². The first-order chi connectivity index (χ1) is 14.1. The second kappa shape index (κ2) is 8.38. The summed E-state index contributed by atoms with van der Waals surface area (Å²) in [5.41, 5.74) is 0.590. The van der Waals surface area contributed by atoms with Crippen LogP contribution in [0.3, 0.4) is 0 Å². The number of ether oxygens (including phenoxy) is 4. The fourth-order valence-corrected chi connectivity index (χ4v) is 3.53. The monoisotopic (exact) mass is 398 g/mol. The van der Waals surface area contributed by atoms with Gasteiger partial charge in [-0.3, -0.25) is 9.78 Å². The lowest BCUT2D eigenvalue weighted by atomic mass is 9.92. The number of hydrogen-bond acceptors (Lipinski definition) is 7. The number of benzene rings is 1. The molecule has 2 heterocycles. The van der Waals surface area contributed by atoms with Crippen molar-refractivity contribution < 1.29 is 28.5 Å². The second-order valence-corrected chi connectivity index (χ2v) is 7.03. The summed E-state index contributed by atoms with van der Waals surface area (Å²) >= 11 is 0. The molecule has 1 aliphatic heterocycles. The van der Waals surface area contributed by atoms with Crippen molar-refractivity contribution in [2.45, 2.75) is 37.8 Å². The average Bonchev–Trinajstić information content (AvgIpc) is 3.22. The van der Waals surface area contributed by atoms with Crippen molar-refractivity contribution in [3.05, 3.63) is 47.8 Å². The molecular weight excluding hydrogens is 376 g/mol. The van der Waals surface area contributed by atoms with Gasteiger partial charge in [0.25, 0.3) is 5.91 Å². The molecular formula is C21H22N2O6. The van der Waals surface area contributed by atoms with Gasteiger partial charge in [-0.05, 0) is 43.9 Å². The summed E-state index contributed by atoms with van der Waals surface area (Å²) in [4.78, 5) is 28.1. The van der Waals surface area contributed by atoms with Crippen molar-refractivity contribution in [2.75, 3.05) is 13.9 Å². The van der Waals surface area contributed by atoms with Crippen molar-refractivity contribution >= 4 is 11.9 Å². The molecule has 0 unspecified atom stereocenters. The Morgan fingerprint density at radius 1 is 1.03 bits per heavy atom. The minimum absolute atomic E-state index is 0.0564. The Kier molecular flexibility index (Phi) is 5.50. The molecule has 1 aliphatic carbocycles. The minimum atomic E-state index is -0.520. The predicted octanol–water partition coefficient (Wildman–Crippen LogP) is 2.72. The van der Waals surface area contributed by atoms with E-state index in [2.05, 4.69) is 15.0 Å². The van der Waals surface area contributed by atoms with Gasteiger partial charge in [0.2, 0.25) is 6.79 Å². The number of nitrogens with zero attached hydrogens (tertiary/aromatic N) is 1. The number of nitrogens with one attached hydrogen (secondary N) is 1. The quantitative estimate of drug-likeness (QED) is 0.774. The molecule has 29 heavy (non-hydrogen) atoms. The molecule has 1 aromatic carbocycles. The van der Waals surface area contributed by atoms with E-state index in [1.807, 2.05) is 18.2 Å². The third-order valence-electron chi connectivity index (χ3n) is 5.08. The second-order valence-electron chi connectivity index (χ2n) is 7.03. The highest BCUT2D eigenvalue weighted by Gasteiger charge is 2.25. The van der Waals surface area contributed by atoms with E-state index in [1.54, 1.807) is 0 Å². The molecule has 8 heteroatoms. The van der Waals surface area contributed by atoms with Crippen LogP contribution in [0.4, 0.5) is 0 Å². The maximum Gasteiger partial charge on any atom is 0.339 e. The Bertz CT molecular complexity index is 908. The Morgan fingerprint density at radius 3 is 2.59 bits per heavy atom. The van der Waals surface area contributed by atoms with Crippen molar-refractivity contribution in [3.63, 3.8) is 0 Å². The number of methoxy groups -OCH3 is 1. The maximum absolute atomic E-state index is 12.5. The lowest BCUT2D eigenvalue weighted by Crippen LogP contribution is -2.39. The van der Waals surface area contributed by atoms with Crippen LogP contribution in [-0.2, 0) is 4.74 Å². The largest absolute Gasteiger partial charge is 0.490 e. The van der Waals surface area contributed by atoms with E-state index >= 15 is 0 Å². The molecule has 1 fully saturated rings. The summed E-state index contributed by atoms with van der Waals surface area (Å²) in [6.07, 6.45) is 6.20. The average molecular weight is 398 g/mol. The Hall–Kier alpha value is -3.29. The van der Waals surface area contributed by atoms with Crippen LogP contribution >= 0.6 is 0 Å². The number of rotatable bonds is 5. The van der Waals surface area contributed by atoms with Crippen molar-refractivity contribution in [1.29, 1.82) is 0 Å². The van der Waals surface area contributed by atoms with Gasteiger partial charge < -0.3 is 24.3 Å². The molecule has 4 rings (SSSR count). The van der Waals surface area contributed by atoms with Crippen LogP contribution in [0, 0.1) is 0 Å². The molecule has 2 aliphatic rings. The predicted molar refractivity (Wildman–Crippen MR) is 102 cm³/mol. The lowest BCUT2D eigenvalue weighted by molar-refractivity contribution is 0.0600. The zero-order chi connectivity index (χ0) is 20.2. The highest BCUT2D eigenvalue weighted by molar-refractivity contribution is 5.97. The number of amides is 1. The van der Waals surface area contributed by atoms with Crippen LogP contribution in [0.25, 0.3) is 0 Å². The first-order valence-electron chi connectivity index (χ1n) is 9.53. The van der Waals surface area contributed by atoms with Crippen molar-refractivity contribution in [1.82, 2.24) is 10.3 Å². The molecule has 1 aromatic heterocycles. The summed E-state index contributed by atoms with van der Waals surface area (Å²) in [5.74, 6) is 1.42. The fraction of sp³-hybridized carbons (Fsp3) is 0.381. The zero-order valence-corrected chi connectivity index (χ0v) is 16.1. The molecule has 0 saturated heterocycles. The molecule has 1 N–H and O–H groups in total. The summed E-state index contributed by atoms with van der Waals surface area (Å²) < 4.78 is 21.4. The zero-order valence-electron chi connectivity index (χ0n) is 16.1. The van der Waals surface area contributed by atoms with Gasteiger partial charge in [-0.15, -0.1) is 0 Å². The summed E-state index contributed by atoms with van der Waals surface area (Å²) in [6.45, 7) is 0.238. The minimum Gasteiger partial charge on any atom is -0.490 e. The van der Waals surface area contributed by atoms with E-state index in [-0.39, 0.29) is 30.4 Å².